The molecule has 1 atom stereocenters. The molecule has 0 saturated heterocycles. The molecule has 2 aromatic rings. The quantitative estimate of drug-likeness (QED) is 0.674. The maximum atomic E-state index is 11.4. The number of hydrogen-bond acceptors (Lipinski definition) is 4. The lowest BCUT2D eigenvalue weighted by molar-refractivity contribution is -0.386. The molecule has 0 aliphatic rings. The van der Waals surface area contributed by atoms with Crippen molar-refractivity contribution in [3.05, 3.63) is 58.1 Å². The highest BCUT2D eigenvalue weighted by Crippen LogP contribution is 2.42. The summed E-state index contributed by atoms with van der Waals surface area (Å²) in [5.41, 5.74) is 1.13. The average molecular weight is 301 g/mol. The Kier molecular flexibility index (Phi) is 4.41. The third kappa shape index (κ3) is 2.76. The van der Waals surface area contributed by atoms with Gasteiger partial charge >= 0.3 is 11.7 Å². The highest BCUT2D eigenvalue weighted by Gasteiger charge is 2.30. The largest absolute Gasteiger partial charge is 0.490 e. The van der Waals surface area contributed by atoms with Crippen molar-refractivity contribution in [1.29, 1.82) is 0 Å². The van der Waals surface area contributed by atoms with Crippen molar-refractivity contribution >= 4 is 11.7 Å². The van der Waals surface area contributed by atoms with E-state index in [4.69, 9.17) is 9.84 Å². The van der Waals surface area contributed by atoms with Gasteiger partial charge in [-0.2, -0.15) is 0 Å². The van der Waals surface area contributed by atoms with Crippen LogP contribution < -0.4 is 4.74 Å². The molecule has 2 rings (SSSR count). The van der Waals surface area contributed by atoms with Gasteiger partial charge in [0.25, 0.3) is 0 Å². The number of nitrogens with zero attached hydrogens (tertiary/aromatic N) is 1. The van der Waals surface area contributed by atoms with E-state index in [2.05, 4.69) is 0 Å². The van der Waals surface area contributed by atoms with Crippen molar-refractivity contribution in [3.8, 4) is 16.9 Å². The van der Waals surface area contributed by atoms with Crippen LogP contribution in [0.1, 0.15) is 18.4 Å². The third-order valence-corrected chi connectivity index (χ3v) is 3.47. The summed E-state index contributed by atoms with van der Waals surface area (Å²) in [6.07, 6.45) is 0. The van der Waals surface area contributed by atoms with Gasteiger partial charge in [0.15, 0.2) is 0 Å². The monoisotopic (exact) mass is 301 g/mol. The number of rotatable bonds is 5. The Labute approximate surface area is 127 Å². The molecule has 0 aromatic heterocycles. The number of methoxy groups -OCH3 is 1. The van der Waals surface area contributed by atoms with Crippen molar-refractivity contribution in [2.24, 2.45) is 0 Å². The summed E-state index contributed by atoms with van der Waals surface area (Å²) in [5, 5.41) is 20.6. The molecule has 0 saturated carbocycles. The smallest absolute Gasteiger partial charge is 0.315 e. The van der Waals surface area contributed by atoms with Crippen molar-refractivity contribution in [2.45, 2.75) is 12.8 Å². The lowest BCUT2D eigenvalue weighted by Crippen LogP contribution is -2.11. The molecule has 1 unspecified atom stereocenters. The first-order valence-electron chi connectivity index (χ1n) is 6.60. The average Bonchev–Trinajstić information content (AvgIpc) is 2.53. The molecule has 6 heteroatoms. The lowest BCUT2D eigenvalue weighted by Gasteiger charge is -2.14. The molecule has 0 radical (unpaired) electrons. The van der Waals surface area contributed by atoms with Crippen molar-refractivity contribution in [1.82, 2.24) is 0 Å². The van der Waals surface area contributed by atoms with E-state index in [0.29, 0.717) is 5.56 Å². The summed E-state index contributed by atoms with van der Waals surface area (Å²) in [7, 11) is 1.34. The molecule has 0 aliphatic carbocycles. The zero-order valence-corrected chi connectivity index (χ0v) is 12.1. The molecule has 2 aromatic carbocycles. The predicted octanol–water partition coefficient (Wildman–Crippen LogP) is 3.46. The summed E-state index contributed by atoms with van der Waals surface area (Å²) >= 11 is 0. The van der Waals surface area contributed by atoms with E-state index in [1.165, 1.54) is 20.1 Å². The topological polar surface area (TPSA) is 89.7 Å². The number of nitro groups is 1. The fourth-order valence-electron chi connectivity index (χ4n) is 2.31. The Morgan fingerprint density at radius 3 is 2.36 bits per heavy atom. The minimum atomic E-state index is -1.13. The van der Waals surface area contributed by atoms with E-state index in [1.807, 2.05) is 30.3 Å². The van der Waals surface area contributed by atoms with Gasteiger partial charge < -0.3 is 9.84 Å². The SMILES string of the molecule is COc1c(-c2ccccc2)ccc(C(C)C(=O)O)c1[N+](=O)[O-]. The maximum Gasteiger partial charge on any atom is 0.315 e. The highest BCUT2D eigenvalue weighted by molar-refractivity contribution is 5.82. The van der Waals surface area contributed by atoms with Gasteiger partial charge in [-0.1, -0.05) is 36.4 Å². The first-order valence-corrected chi connectivity index (χ1v) is 6.60. The Balaban J connectivity index is 2.73. The summed E-state index contributed by atoms with van der Waals surface area (Å²) in [5.74, 6) is -2.06. The molecule has 114 valence electrons. The molecule has 0 amide bonds. The van der Waals surface area contributed by atoms with Gasteiger partial charge in [0, 0.05) is 11.1 Å². The number of ether oxygens (including phenoxy) is 1. The molecule has 0 heterocycles. The van der Waals surface area contributed by atoms with E-state index >= 15 is 0 Å². The number of carboxylic acids is 1. The molecule has 0 bridgehead atoms. The second kappa shape index (κ2) is 6.26. The van der Waals surface area contributed by atoms with Crippen LogP contribution in [-0.2, 0) is 4.79 Å². The predicted molar refractivity (Wildman–Crippen MR) is 81.1 cm³/mol. The van der Waals surface area contributed by atoms with Crippen molar-refractivity contribution in [3.63, 3.8) is 0 Å². The number of carbonyl (C=O) groups is 1. The number of nitro benzene ring substituents is 1. The normalized spacial score (nSPS) is 11.7. The Morgan fingerprint density at radius 2 is 1.86 bits per heavy atom. The fourth-order valence-corrected chi connectivity index (χ4v) is 2.31. The van der Waals surface area contributed by atoms with Gasteiger partial charge in [-0.25, -0.2) is 0 Å². The van der Waals surface area contributed by atoms with Crippen LogP contribution in [0.3, 0.4) is 0 Å². The van der Waals surface area contributed by atoms with Gasteiger partial charge in [0.05, 0.1) is 18.0 Å². The van der Waals surface area contributed by atoms with Crippen LogP contribution in [0.15, 0.2) is 42.5 Å². The molecule has 0 fully saturated rings. The summed E-state index contributed by atoms with van der Waals surface area (Å²) in [4.78, 5) is 22.0. The third-order valence-electron chi connectivity index (χ3n) is 3.47. The maximum absolute atomic E-state index is 11.4. The number of benzene rings is 2. The van der Waals surface area contributed by atoms with Gasteiger partial charge in [-0.3, -0.25) is 14.9 Å². The van der Waals surface area contributed by atoms with Gasteiger partial charge in [0.2, 0.25) is 5.75 Å². The molecule has 1 N–H and O–H groups in total. The molecule has 0 spiro atoms. The van der Waals surface area contributed by atoms with Crippen LogP contribution in [-0.4, -0.2) is 23.1 Å². The summed E-state index contributed by atoms with van der Waals surface area (Å²) in [6.45, 7) is 1.41. The Bertz CT molecular complexity index is 712. The van der Waals surface area contributed by atoms with Gasteiger partial charge in [-0.15, -0.1) is 0 Å². The standard InChI is InChI=1S/C16H15NO5/c1-10(16(18)19)12-8-9-13(11-6-4-3-5-7-11)15(22-2)14(12)17(20)21/h3-10H,1-2H3,(H,18,19). The van der Waals surface area contributed by atoms with Crippen LogP contribution >= 0.6 is 0 Å². The van der Waals surface area contributed by atoms with E-state index < -0.39 is 16.8 Å². The lowest BCUT2D eigenvalue weighted by atomic mass is 9.94. The van der Waals surface area contributed by atoms with E-state index in [1.54, 1.807) is 6.07 Å². The minimum Gasteiger partial charge on any atom is -0.490 e. The van der Waals surface area contributed by atoms with Crippen LogP contribution in [0.4, 0.5) is 5.69 Å². The Morgan fingerprint density at radius 1 is 1.23 bits per heavy atom. The zero-order chi connectivity index (χ0) is 16.3. The molecular weight excluding hydrogens is 286 g/mol. The van der Waals surface area contributed by atoms with Crippen LogP contribution in [0, 0.1) is 10.1 Å². The first kappa shape index (κ1) is 15.5. The number of aliphatic carboxylic acids is 1. The van der Waals surface area contributed by atoms with Gasteiger partial charge in [0.1, 0.15) is 0 Å². The number of hydrogen-bond donors (Lipinski definition) is 1. The fraction of sp³-hybridized carbons (Fsp3) is 0.188. The van der Waals surface area contributed by atoms with Crippen LogP contribution in [0.5, 0.6) is 5.75 Å². The first-order chi connectivity index (χ1) is 10.5. The minimum absolute atomic E-state index is 0.0711. The van der Waals surface area contributed by atoms with E-state index in [0.717, 1.165) is 5.56 Å². The zero-order valence-electron chi connectivity index (χ0n) is 12.1. The van der Waals surface area contributed by atoms with Gasteiger partial charge in [-0.05, 0) is 18.6 Å². The van der Waals surface area contributed by atoms with Crippen LogP contribution in [0.25, 0.3) is 11.1 Å². The van der Waals surface area contributed by atoms with E-state index in [-0.39, 0.29) is 17.0 Å². The van der Waals surface area contributed by atoms with Crippen molar-refractivity contribution < 1.29 is 19.6 Å². The van der Waals surface area contributed by atoms with Crippen LogP contribution in [0.2, 0.25) is 0 Å². The second-order valence-electron chi connectivity index (χ2n) is 4.77. The Hall–Kier alpha value is -2.89. The molecule has 6 nitrogen and oxygen atoms in total. The number of carboxylic acid groups (broad SMARTS) is 1. The van der Waals surface area contributed by atoms with Crippen molar-refractivity contribution in [2.75, 3.05) is 7.11 Å². The highest BCUT2D eigenvalue weighted by atomic mass is 16.6. The summed E-state index contributed by atoms with van der Waals surface area (Å²) in [6, 6.07) is 12.2. The molecular formula is C16H15NO5. The molecule has 22 heavy (non-hydrogen) atoms. The summed E-state index contributed by atoms with van der Waals surface area (Å²) < 4.78 is 5.23. The second-order valence-corrected chi connectivity index (χ2v) is 4.77. The molecule has 0 aliphatic heterocycles. The van der Waals surface area contributed by atoms with E-state index in [9.17, 15) is 14.9 Å².